The predicted octanol–water partition coefficient (Wildman–Crippen LogP) is 3.90. The topological polar surface area (TPSA) is 47.0 Å². The molecule has 1 aliphatic heterocycles. The van der Waals surface area contributed by atoms with Crippen LogP contribution in [-0.4, -0.2) is 31.6 Å². The van der Waals surface area contributed by atoms with Crippen molar-refractivity contribution in [3.63, 3.8) is 0 Å². The number of alkyl halides is 3. The van der Waals surface area contributed by atoms with Crippen LogP contribution in [0.2, 0.25) is 0 Å². The third kappa shape index (κ3) is 3.63. The Morgan fingerprint density at radius 3 is 2.42 bits per heavy atom. The minimum Gasteiger partial charge on any atom is -0.493 e. The number of aliphatic imine (C=N–C) groups is 1. The van der Waals surface area contributed by atoms with Crippen molar-refractivity contribution in [2.75, 3.05) is 25.8 Å². The summed E-state index contributed by atoms with van der Waals surface area (Å²) in [6.07, 6.45) is 0.0963. The fourth-order valence-electron chi connectivity index (χ4n) is 2.50. The van der Waals surface area contributed by atoms with Gasteiger partial charge in [0.05, 0.1) is 25.5 Å². The minimum absolute atomic E-state index is 0.161. The van der Waals surface area contributed by atoms with Crippen molar-refractivity contribution in [3.8, 4) is 11.5 Å². The number of benzene rings is 1. The number of hydrogen-bond donors (Lipinski definition) is 0. The number of aromatic nitrogens is 1. The molecule has 0 saturated carbocycles. The van der Waals surface area contributed by atoms with E-state index < -0.39 is 11.7 Å². The lowest BCUT2D eigenvalue weighted by Gasteiger charge is -2.22. The van der Waals surface area contributed by atoms with Crippen LogP contribution in [0.5, 0.6) is 11.5 Å². The van der Waals surface area contributed by atoms with Crippen molar-refractivity contribution in [1.29, 1.82) is 0 Å². The van der Waals surface area contributed by atoms with Crippen LogP contribution in [0.15, 0.2) is 53.8 Å². The van der Waals surface area contributed by atoms with Gasteiger partial charge in [0, 0.05) is 18.0 Å². The van der Waals surface area contributed by atoms with E-state index in [9.17, 15) is 13.2 Å². The highest BCUT2D eigenvalue weighted by Crippen LogP contribution is 2.31. The van der Waals surface area contributed by atoms with E-state index in [1.165, 1.54) is 0 Å². The molecular formula is C18H16F3N3O2. The average molecular weight is 363 g/mol. The fraction of sp³-hybridized carbons (Fsp3) is 0.222. The molecule has 26 heavy (non-hydrogen) atoms. The number of halogens is 3. The Kier molecular flexibility index (Phi) is 4.83. The van der Waals surface area contributed by atoms with Crippen molar-refractivity contribution < 1.29 is 22.6 Å². The van der Waals surface area contributed by atoms with Crippen LogP contribution in [0.25, 0.3) is 0 Å². The molecule has 1 aliphatic rings. The molecule has 2 aromatic rings. The highest BCUT2D eigenvalue weighted by atomic mass is 19.4. The van der Waals surface area contributed by atoms with Crippen molar-refractivity contribution in [2.45, 2.75) is 6.18 Å². The first kappa shape index (κ1) is 17.8. The zero-order valence-electron chi connectivity index (χ0n) is 14.1. The van der Waals surface area contributed by atoms with Gasteiger partial charge in [-0.3, -0.25) is 4.99 Å². The molecule has 1 aromatic heterocycles. The van der Waals surface area contributed by atoms with Gasteiger partial charge in [0.2, 0.25) is 0 Å². The first-order valence-corrected chi connectivity index (χ1v) is 7.67. The third-order valence-electron chi connectivity index (χ3n) is 3.85. The molecule has 0 fully saturated rings. The number of methoxy groups -OCH3 is 2. The quantitative estimate of drug-likeness (QED) is 0.827. The molecule has 5 nitrogen and oxygen atoms in total. The lowest BCUT2D eigenvalue weighted by molar-refractivity contribution is -0.137. The third-order valence-corrected chi connectivity index (χ3v) is 3.85. The number of pyridine rings is 1. The Hall–Kier alpha value is -3.03. The highest BCUT2D eigenvalue weighted by Gasteiger charge is 2.31. The molecule has 0 saturated heterocycles. The molecular weight excluding hydrogens is 347 g/mol. The van der Waals surface area contributed by atoms with Crippen LogP contribution in [0.3, 0.4) is 0 Å². The van der Waals surface area contributed by atoms with Crippen LogP contribution in [0.1, 0.15) is 11.1 Å². The summed E-state index contributed by atoms with van der Waals surface area (Å²) in [5.74, 6) is 1.36. The maximum atomic E-state index is 12.8. The monoisotopic (exact) mass is 363 g/mol. The van der Waals surface area contributed by atoms with Crippen molar-refractivity contribution in [3.05, 3.63) is 59.9 Å². The average Bonchev–Trinajstić information content (AvgIpc) is 2.67. The van der Waals surface area contributed by atoms with Crippen LogP contribution in [-0.2, 0) is 6.18 Å². The van der Waals surface area contributed by atoms with E-state index in [1.54, 1.807) is 43.5 Å². The molecule has 1 aromatic carbocycles. The van der Waals surface area contributed by atoms with E-state index in [1.807, 2.05) is 6.07 Å². The van der Waals surface area contributed by atoms with Gasteiger partial charge in [-0.1, -0.05) is 0 Å². The maximum Gasteiger partial charge on any atom is 0.416 e. The largest absolute Gasteiger partial charge is 0.493 e. The molecule has 0 unspecified atom stereocenters. The number of allylic oxidation sites excluding steroid dienone is 1. The zero-order chi connectivity index (χ0) is 18.7. The smallest absolute Gasteiger partial charge is 0.416 e. The summed E-state index contributed by atoms with van der Waals surface area (Å²) in [7, 11) is 3.09. The van der Waals surface area contributed by atoms with E-state index in [2.05, 4.69) is 9.98 Å². The Bertz CT molecular complexity index is 863. The van der Waals surface area contributed by atoms with E-state index >= 15 is 0 Å². The van der Waals surface area contributed by atoms with E-state index in [0.29, 0.717) is 17.2 Å². The van der Waals surface area contributed by atoms with Gasteiger partial charge in [0.1, 0.15) is 12.5 Å². The molecule has 0 bridgehead atoms. The minimum atomic E-state index is -4.41. The second kappa shape index (κ2) is 7.07. The summed E-state index contributed by atoms with van der Waals surface area (Å²) in [6.45, 7) is 0.161. The SMILES string of the molecule is COc1ccc(C2=NCN(c3cc(C(F)(F)F)ccn3)C=C2)cc1OC. The lowest BCUT2D eigenvalue weighted by atomic mass is 10.1. The molecule has 0 N–H and O–H groups in total. The second-order valence-corrected chi connectivity index (χ2v) is 5.44. The fourth-order valence-corrected chi connectivity index (χ4v) is 2.50. The van der Waals surface area contributed by atoms with E-state index in [0.717, 1.165) is 23.9 Å². The number of nitrogens with zero attached hydrogens (tertiary/aromatic N) is 3. The van der Waals surface area contributed by atoms with Crippen LogP contribution < -0.4 is 14.4 Å². The molecule has 136 valence electrons. The van der Waals surface area contributed by atoms with Gasteiger partial charge in [-0.2, -0.15) is 13.2 Å². The molecule has 0 atom stereocenters. The second-order valence-electron chi connectivity index (χ2n) is 5.44. The van der Waals surface area contributed by atoms with Gasteiger partial charge in [-0.15, -0.1) is 0 Å². The summed E-state index contributed by atoms with van der Waals surface area (Å²) in [5, 5.41) is 0. The Morgan fingerprint density at radius 1 is 1.04 bits per heavy atom. The van der Waals surface area contributed by atoms with Crippen molar-refractivity contribution in [1.82, 2.24) is 4.98 Å². The number of anilines is 1. The molecule has 3 rings (SSSR count). The lowest BCUT2D eigenvalue weighted by Crippen LogP contribution is -2.23. The maximum absolute atomic E-state index is 12.8. The number of hydrogen-bond acceptors (Lipinski definition) is 5. The van der Waals surface area contributed by atoms with Gasteiger partial charge in [-0.25, -0.2) is 4.98 Å². The normalized spacial score (nSPS) is 14.2. The van der Waals surface area contributed by atoms with Crippen LogP contribution in [0.4, 0.5) is 19.0 Å². The summed E-state index contributed by atoms with van der Waals surface area (Å²) in [5.41, 5.74) is 0.760. The predicted molar refractivity (Wildman–Crippen MR) is 91.8 cm³/mol. The van der Waals surface area contributed by atoms with Crippen LogP contribution >= 0.6 is 0 Å². The molecule has 0 spiro atoms. The van der Waals surface area contributed by atoms with Crippen molar-refractivity contribution in [2.24, 2.45) is 4.99 Å². The van der Waals surface area contributed by atoms with E-state index in [-0.39, 0.29) is 12.5 Å². The first-order valence-electron chi connectivity index (χ1n) is 7.67. The number of ether oxygens (including phenoxy) is 2. The standard InChI is InChI=1S/C18H16F3N3O2/c1-25-15-4-3-12(9-16(15)26-2)14-6-8-24(11-23-14)17-10-13(5-7-22-17)18(19,20)21/h3-10H,11H2,1-2H3. The van der Waals surface area contributed by atoms with Gasteiger partial charge in [0.25, 0.3) is 0 Å². The first-order chi connectivity index (χ1) is 12.4. The Morgan fingerprint density at radius 2 is 1.81 bits per heavy atom. The van der Waals surface area contributed by atoms with Crippen molar-refractivity contribution >= 4 is 11.5 Å². The molecule has 0 radical (unpaired) electrons. The Balaban J connectivity index is 1.80. The summed E-state index contributed by atoms with van der Waals surface area (Å²) in [6, 6.07) is 7.34. The molecule has 8 heteroatoms. The zero-order valence-corrected chi connectivity index (χ0v) is 14.1. The summed E-state index contributed by atoms with van der Waals surface area (Å²) in [4.78, 5) is 9.95. The molecule has 0 amide bonds. The van der Waals surface area contributed by atoms with E-state index in [4.69, 9.17) is 9.47 Å². The summed E-state index contributed by atoms with van der Waals surface area (Å²) < 4.78 is 49.0. The number of rotatable bonds is 4. The van der Waals surface area contributed by atoms with Gasteiger partial charge in [-0.05, 0) is 36.4 Å². The molecule has 2 heterocycles. The van der Waals surface area contributed by atoms with Crippen LogP contribution in [0, 0.1) is 0 Å². The van der Waals surface area contributed by atoms with Gasteiger partial charge < -0.3 is 14.4 Å². The molecule has 0 aliphatic carbocycles. The Labute approximate surface area is 148 Å². The van der Waals surface area contributed by atoms with Gasteiger partial charge in [0.15, 0.2) is 11.5 Å². The van der Waals surface area contributed by atoms with Gasteiger partial charge >= 0.3 is 6.18 Å². The highest BCUT2D eigenvalue weighted by molar-refractivity contribution is 6.09. The summed E-state index contributed by atoms with van der Waals surface area (Å²) >= 11 is 0.